The molecule has 0 aliphatic heterocycles. The second-order valence-corrected chi connectivity index (χ2v) is 4.29. The standard InChI is InChI=1S/C13H19N3O2/c1-10-4-5-12(18-10)13-11(9-15-16-13)8-14-6-2-3-7-17/h4-5,9,14,17H,2-3,6-8H2,1H3,(H,15,16). The lowest BCUT2D eigenvalue weighted by Gasteiger charge is -2.03. The van der Waals surface area contributed by atoms with Crippen LogP contribution in [0.1, 0.15) is 24.2 Å². The molecule has 3 N–H and O–H groups in total. The van der Waals surface area contributed by atoms with Crippen molar-refractivity contribution in [1.82, 2.24) is 15.5 Å². The average Bonchev–Trinajstić information content (AvgIpc) is 2.97. The zero-order chi connectivity index (χ0) is 12.8. The van der Waals surface area contributed by atoms with E-state index >= 15 is 0 Å². The summed E-state index contributed by atoms with van der Waals surface area (Å²) < 4.78 is 5.58. The van der Waals surface area contributed by atoms with Crippen molar-refractivity contribution in [2.75, 3.05) is 13.2 Å². The zero-order valence-electron chi connectivity index (χ0n) is 10.6. The smallest absolute Gasteiger partial charge is 0.152 e. The predicted molar refractivity (Wildman–Crippen MR) is 69.1 cm³/mol. The maximum absolute atomic E-state index is 8.69. The van der Waals surface area contributed by atoms with E-state index in [0.717, 1.165) is 48.7 Å². The van der Waals surface area contributed by atoms with Crippen molar-refractivity contribution in [2.45, 2.75) is 26.3 Å². The fourth-order valence-corrected chi connectivity index (χ4v) is 1.81. The second kappa shape index (κ2) is 6.37. The Labute approximate surface area is 106 Å². The number of nitrogens with one attached hydrogen (secondary N) is 2. The van der Waals surface area contributed by atoms with Crippen LogP contribution in [-0.2, 0) is 6.54 Å². The quantitative estimate of drug-likeness (QED) is 0.655. The highest BCUT2D eigenvalue weighted by Gasteiger charge is 2.10. The minimum atomic E-state index is 0.254. The van der Waals surface area contributed by atoms with Gasteiger partial charge in [0.05, 0.1) is 6.20 Å². The number of furan rings is 1. The van der Waals surface area contributed by atoms with Gasteiger partial charge in [0.25, 0.3) is 0 Å². The summed E-state index contributed by atoms with van der Waals surface area (Å²) >= 11 is 0. The Kier molecular flexibility index (Phi) is 4.55. The molecule has 0 bridgehead atoms. The molecule has 0 amide bonds. The molecule has 0 aromatic carbocycles. The van der Waals surface area contributed by atoms with E-state index in [4.69, 9.17) is 9.52 Å². The van der Waals surface area contributed by atoms with Crippen LogP contribution in [0.3, 0.4) is 0 Å². The van der Waals surface area contributed by atoms with E-state index in [-0.39, 0.29) is 6.61 Å². The lowest BCUT2D eigenvalue weighted by molar-refractivity contribution is 0.283. The molecule has 2 heterocycles. The van der Waals surface area contributed by atoms with Crippen LogP contribution in [0.15, 0.2) is 22.7 Å². The van der Waals surface area contributed by atoms with Gasteiger partial charge in [-0.25, -0.2) is 0 Å². The van der Waals surface area contributed by atoms with Gasteiger partial charge in [-0.2, -0.15) is 5.10 Å². The first kappa shape index (κ1) is 12.9. The van der Waals surface area contributed by atoms with Gasteiger partial charge in [0.2, 0.25) is 0 Å². The van der Waals surface area contributed by atoms with E-state index in [2.05, 4.69) is 15.5 Å². The number of hydrogen-bond donors (Lipinski definition) is 3. The molecule has 2 aromatic heterocycles. The van der Waals surface area contributed by atoms with Crippen LogP contribution in [-0.4, -0.2) is 28.5 Å². The monoisotopic (exact) mass is 249 g/mol. The molecule has 0 unspecified atom stereocenters. The molecule has 0 saturated heterocycles. The fraction of sp³-hybridized carbons (Fsp3) is 0.462. The third kappa shape index (κ3) is 3.21. The normalized spacial score (nSPS) is 11.0. The summed E-state index contributed by atoms with van der Waals surface area (Å²) in [5, 5.41) is 19.0. The zero-order valence-corrected chi connectivity index (χ0v) is 10.6. The number of hydrogen-bond acceptors (Lipinski definition) is 4. The van der Waals surface area contributed by atoms with Crippen molar-refractivity contribution in [3.8, 4) is 11.5 Å². The van der Waals surface area contributed by atoms with E-state index < -0.39 is 0 Å². The molecule has 0 radical (unpaired) electrons. The Balaban J connectivity index is 1.92. The first-order valence-electron chi connectivity index (χ1n) is 6.22. The van der Waals surface area contributed by atoms with Gasteiger partial charge < -0.3 is 14.8 Å². The van der Waals surface area contributed by atoms with E-state index in [1.807, 2.05) is 25.3 Å². The highest BCUT2D eigenvalue weighted by atomic mass is 16.3. The molecule has 2 rings (SSSR count). The summed E-state index contributed by atoms with van der Waals surface area (Å²) in [6.45, 7) is 3.82. The van der Waals surface area contributed by atoms with Gasteiger partial charge >= 0.3 is 0 Å². The Morgan fingerprint density at radius 1 is 1.39 bits per heavy atom. The maximum atomic E-state index is 8.69. The van der Waals surface area contributed by atoms with Crippen molar-refractivity contribution >= 4 is 0 Å². The Morgan fingerprint density at radius 3 is 3.00 bits per heavy atom. The topological polar surface area (TPSA) is 74.1 Å². The number of aryl methyl sites for hydroxylation is 1. The predicted octanol–water partition coefficient (Wildman–Crippen LogP) is 1.84. The van der Waals surface area contributed by atoms with Crippen molar-refractivity contribution in [3.63, 3.8) is 0 Å². The Morgan fingerprint density at radius 2 is 2.28 bits per heavy atom. The molecule has 5 heteroatoms. The van der Waals surface area contributed by atoms with Crippen molar-refractivity contribution in [1.29, 1.82) is 0 Å². The first-order valence-corrected chi connectivity index (χ1v) is 6.22. The number of aliphatic hydroxyl groups excluding tert-OH is 1. The molecule has 2 aromatic rings. The van der Waals surface area contributed by atoms with Gasteiger partial charge in [0, 0.05) is 18.7 Å². The summed E-state index contributed by atoms with van der Waals surface area (Å²) in [4.78, 5) is 0. The van der Waals surface area contributed by atoms with Gasteiger partial charge in [-0.1, -0.05) is 0 Å². The average molecular weight is 249 g/mol. The van der Waals surface area contributed by atoms with Crippen LogP contribution < -0.4 is 5.32 Å². The SMILES string of the molecule is Cc1ccc(-c2[nH]ncc2CNCCCCO)o1. The number of rotatable bonds is 7. The minimum Gasteiger partial charge on any atom is -0.460 e. The van der Waals surface area contributed by atoms with E-state index in [1.165, 1.54) is 0 Å². The summed E-state index contributed by atoms with van der Waals surface area (Å²) in [5.74, 6) is 1.71. The molecule has 98 valence electrons. The second-order valence-electron chi connectivity index (χ2n) is 4.29. The van der Waals surface area contributed by atoms with E-state index in [1.54, 1.807) is 0 Å². The number of nitrogens with zero attached hydrogens (tertiary/aromatic N) is 1. The molecule has 0 spiro atoms. The summed E-state index contributed by atoms with van der Waals surface area (Å²) in [6, 6.07) is 3.88. The number of unbranched alkanes of at least 4 members (excludes halogenated alkanes) is 1. The van der Waals surface area contributed by atoms with Crippen molar-refractivity contribution in [2.24, 2.45) is 0 Å². The van der Waals surface area contributed by atoms with Crippen molar-refractivity contribution in [3.05, 3.63) is 29.7 Å². The van der Waals surface area contributed by atoms with Crippen LogP contribution in [0.4, 0.5) is 0 Å². The van der Waals surface area contributed by atoms with Gasteiger partial charge in [0.15, 0.2) is 5.76 Å². The van der Waals surface area contributed by atoms with Gasteiger partial charge in [-0.15, -0.1) is 0 Å². The largest absolute Gasteiger partial charge is 0.460 e. The van der Waals surface area contributed by atoms with Crippen LogP contribution in [0, 0.1) is 6.92 Å². The first-order chi connectivity index (χ1) is 8.81. The molecule has 18 heavy (non-hydrogen) atoms. The third-order valence-corrected chi connectivity index (χ3v) is 2.78. The van der Waals surface area contributed by atoms with E-state index in [0.29, 0.717) is 0 Å². The van der Waals surface area contributed by atoms with Gasteiger partial charge in [0.1, 0.15) is 11.5 Å². The number of aliphatic hydroxyl groups is 1. The Hall–Kier alpha value is -1.59. The number of aromatic amines is 1. The lowest BCUT2D eigenvalue weighted by atomic mass is 10.2. The van der Waals surface area contributed by atoms with E-state index in [9.17, 15) is 0 Å². The molecule has 0 saturated carbocycles. The van der Waals surface area contributed by atoms with Crippen LogP contribution >= 0.6 is 0 Å². The lowest BCUT2D eigenvalue weighted by Crippen LogP contribution is -2.15. The molecular formula is C13H19N3O2. The van der Waals surface area contributed by atoms with Crippen LogP contribution in [0.5, 0.6) is 0 Å². The van der Waals surface area contributed by atoms with Crippen LogP contribution in [0.2, 0.25) is 0 Å². The number of aromatic nitrogens is 2. The molecule has 0 atom stereocenters. The molecule has 0 aliphatic rings. The highest BCUT2D eigenvalue weighted by Crippen LogP contribution is 2.23. The molecule has 0 aliphatic carbocycles. The molecule has 5 nitrogen and oxygen atoms in total. The van der Waals surface area contributed by atoms with Crippen molar-refractivity contribution < 1.29 is 9.52 Å². The fourth-order valence-electron chi connectivity index (χ4n) is 1.81. The van der Waals surface area contributed by atoms with Gasteiger partial charge in [-0.05, 0) is 38.4 Å². The molecular weight excluding hydrogens is 230 g/mol. The Bertz CT molecular complexity index is 476. The number of H-pyrrole nitrogens is 1. The third-order valence-electron chi connectivity index (χ3n) is 2.78. The highest BCUT2D eigenvalue weighted by molar-refractivity contribution is 5.56. The maximum Gasteiger partial charge on any atom is 0.152 e. The summed E-state index contributed by atoms with van der Waals surface area (Å²) in [6.07, 6.45) is 3.62. The van der Waals surface area contributed by atoms with Crippen LogP contribution in [0.25, 0.3) is 11.5 Å². The summed E-state index contributed by atoms with van der Waals surface area (Å²) in [7, 11) is 0. The minimum absolute atomic E-state index is 0.254. The summed E-state index contributed by atoms with van der Waals surface area (Å²) in [5.41, 5.74) is 2.02. The van der Waals surface area contributed by atoms with Gasteiger partial charge in [-0.3, -0.25) is 5.10 Å². The molecule has 0 fully saturated rings.